The van der Waals surface area contributed by atoms with Crippen molar-refractivity contribution in [1.29, 1.82) is 0 Å². The summed E-state index contributed by atoms with van der Waals surface area (Å²) in [6, 6.07) is 15.5. The van der Waals surface area contributed by atoms with Gasteiger partial charge in [-0.1, -0.05) is 24.3 Å². The molecule has 0 bridgehead atoms. The summed E-state index contributed by atoms with van der Waals surface area (Å²) in [5.41, 5.74) is 6.73. The quantitative estimate of drug-likeness (QED) is 0.758. The predicted molar refractivity (Wildman–Crippen MR) is 83.2 cm³/mol. The summed E-state index contributed by atoms with van der Waals surface area (Å²) in [5.74, 6) is 2.28. The average Bonchev–Trinajstić information content (AvgIpc) is 2.53. The van der Waals surface area contributed by atoms with Crippen molar-refractivity contribution in [2.75, 3.05) is 26.9 Å². The molecule has 2 N–H and O–H groups in total. The van der Waals surface area contributed by atoms with Crippen LogP contribution >= 0.6 is 0 Å². The van der Waals surface area contributed by atoms with Crippen molar-refractivity contribution in [2.45, 2.75) is 6.42 Å². The van der Waals surface area contributed by atoms with Gasteiger partial charge in [0.1, 0.15) is 19.0 Å². The highest BCUT2D eigenvalue weighted by molar-refractivity contribution is 5.39. The van der Waals surface area contributed by atoms with Crippen LogP contribution in [0.4, 0.5) is 0 Å². The molecule has 0 heterocycles. The monoisotopic (exact) mass is 287 g/mol. The lowest BCUT2D eigenvalue weighted by atomic mass is 10.1. The maximum Gasteiger partial charge on any atom is 0.161 e. The number of rotatable bonds is 8. The SMILES string of the molecule is COc1ccccc1OCCOc1cccc(CCN)c1. The zero-order valence-corrected chi connectivity index (χ0v) is 12.2. The summed E-state index contributed by atoms with van der Waals surface area (Å²) in [6.07, 6.45) is 0.856. The molecule has 0 saturated heterocycles. The van der Waals surface area contributed by atoms with Gasteiger partial charge in [0.25, 0.3) is 0 Å². The average molecular weight is 287 g/mol. The first-order valence-corrected chi connectivity index (χ1v) is 7.01. The lowest BCUT2D eigenvalue weighted by Gasteiger charge is -2.11. The van der Waals surface area contributed by atoms with Crippen molar-refractivity contribution < 1.29 is 14.2 Å². The van der Waals surface area contributed by atoms with Crippen LogP contribution in [0.15, 0.2) is 48.5 Å². The molecule has 4 nitrogen and oxygen atoms in total. The highest BCUT2D eigenvalue weighted by Gasteiger charge is 2.02. The molecule has 0 atom stereocenters. The van der Waals surface area contributed by atoms with Crippen LogP contribution in [0.5, 0.6) is 17.2 Å². The molecular weight excluding hydrogens is 266 g/mol. The van der Waals surface area contributed by atoms with E-state index in [1.165, 1.54) is 5.56 Å². The van der Waals surface area contributed by atoms with Crippen LogP contribution in [0.3, 0.4) is 0 Å². The summed E-state index contributed by atoms with van der Waals surface area (Å²) in [7, 11) is 1.63. The third-order valence-corrected chi connectivity index (χ3v) is 3.01. The Hall–Kier alpha value is -2.20. The van der Waals surface area contributed by atoms with Crippen molar-refractivity contribution in [2.24, 2.45) is 5.73 Å². The summed E-state index contributed by atoms with van der Waals surface area (Å²) in [6.45, 7) is 1.58. The summed E-state index contributed by atoms with van der Waals surface area (Å²) in [5, 5.41) is 0. The topological polar surface area (TPSA) is 53.7 Å². The third kappa shape index (κ3) is 4.68. The lowest BCUT2D eigenvalue weighted by Crippen LogP contribution is -2.10. The van der Waals surface area contributed by atoms with Gasteiger partial charge >= 0.3 is 0 Å². The zero-order valence-electron chi connectivity index (χ0n) is 12.2. The second-order valence-electron chi connectivity index (χ2n) is 4.53. The Kier molecular flexibility index (Phi) is 5.91. The molecule has 0 unspecified atom stereocenters. The zero-order chi connectivity index (χ0) is 14.9. The minimum Gasteiger partial charge on any atom is -0.493 e. The summed E-state index contributed by atoms with van der Waals surface area (Å²) in [4.78, 5) is 0. The van der Waals surface area contributed by atoms with E-state index in [1.807, 2.05) is 48.5 Å². The van der Waals surface area contributed by atoms with E-state index in [0.29, 0.717) is 19.8 Å². The fraction of sp³-hybridized carbons (Fsp3) is 0.294. The Morgan fingerprint density at radius 3 is 2.43 bits per heavy atom. The highest BCUT2D eigenvalue weighted by atomic mass is 16.5. The number of para-hydroxylation sites is 2. The van der Waals surface area contributed by atoms with Crippen LogP contribution in [0.25, 0.3) is 0 Å². The Labute approximate surface area is 125 Å². The van der Waals surface area contributed by atoms with E-state index in [9.17, 15) is 0 Å². The first-order valence-electron chi connectivity index (χ1n) is 7.01. The second-order valence-corrected chi connectivity index (χ2v) is 4.53. The molecule has 21 heavy (non-hydrogen) atoms. The van der Waals surface area contributed by atoms with Gasteiger partial charge in [-0.25, -0.2) is 0 Å². The van der Waals surface area contributed by atoms with Gasteiger partial charge in [0.05, 0.1) is 7.11 Å². The first kappa shape index (κ1) is 15.2. The van der Waals surface area contributed by atoms with Gasteiger partial charge in [0, 0.05) is 0 Å². The van der Waals surface area contributed by atoms with E-state index in [-0.39, 0.29) is 0 Å². The molecular formula is C17H21NO3. The van der Waals surface area contributed by atoms with Crippen LogP contribution in [0.1, 0.15) is 5.56 Å². The molecule has 112 valence electrons. The van der Waals surface area contributed by atoms with Crippen LogP contribution < -0.4 is 19.9 Å². The lowest BCUT2D eigenvalue weighted by molar-refractivity contribution is 0.211. The minimum atomic E-state index is 0.460. The third-order valence-electron chi connectivity index (χ3n) is 3.01. The highest BCUT2D eigenvalue weighted by Crippen LogP contribution is 2.25. The van der Waals surface area contributed by atoms with Crippen molar-refractivity contribution in [3.63, 3.8) is 0 Å². The van der Waals surface area contributed by atoms with Crippen molar-refractivity contribution in [3.05, 3.63) is 54.1 Å². The minimum absolute atomic E-state index is 0.460. The van der Waals surface area contributed by atoms with Crippen molar-refractivity contribution >= 4 is 0 Å². The maximum atomic E-state index is 5.68. The number of methoxy groups -OCH3 is 1. The van der Waals surface area contributed by atoms with E-state index in [0.717, 1.165) is 23.7 Å². The Bertz CT molecular complexity index is 557. The number of hydrogen-bond acceptors (Lipinski definition) is 4. The van der Waals surface area contributed by atoms with Crippen LogP contribution in [0, 0.1) is 0 Å². The fourth-order valence-corrected chi connectivity index (χ4v) is 2.01. The molecule has 0 aromatic heterocycles. The molecule has 4 heteroatoms. The first-order chi connectivity index (χ1) is 10.3. The fourth-order valence-electron chi connectivity index (χ4n) is 2.01. The van der Waals surface area contributed by atoms with Gasteiger partial charge in [-0.3, -0.25) is 0 Å². The Morgan fingerprint density at radius 1 is 0.905 bits per heavy atom. The molecule has 0 aliphatic heterocycles. The molecule has 2 aromatic rings. The van der Waals surface area contributed by atoms with Gasteiger partial charge in [-0.05, 0) is 42.8 Å². The number of benzene rings is 2. The molecule has 2 rings (SSSR count). The van der Waals surface area contributed by atoms with Gasteiger partial charge in [-0.15, -0.1) is 0 Å². The number of ether oxygens (including phenoxy) is 3. The summed E-state index contributed by atoms with van der Waals surface area (Å²) >= 11 is 0. The van der Waals surface area contributed by atoms with Gasteiger partial charge in [0.2, 0.25) is 0 Å². The normalized spacial score (nSPS) is 10.2. The molecule has 0 aliphatic rings. The van der Waals surface area contributed by atoms with Crippen molar-refractivity contribution in [1.82, 2.24) is 0 Å². The van der Waals surface area contributed by atoms with Crippen molar-refractivity contribution in [3.8, 4) is 17.2 Å². The Morgan fingerprint density at radius 2 is 1.67 bits per heavy atom. The van der Waals surface area contributed by atoms with E-state index < -0.39 is 0 Å². The van der Waals surface area contributed by atoms with Crippen LogP contribution in [-0.2, 0) is 6.42 Å². The smallest absolute Gasteiger partial charge is 0.161 e. The second kappa shape index (κ2) is 8.17. The molecule has 0 radical (unpaired) electrons. The largest absolute Gasteiger partial charge is 0.493 e. The Balaban J connectivity index is 1.80. The number of hydrogen-bond donors (Lipinski definition) is 1. The van der Waals surface area contributed by atoms with Gasteiger partial charge in [-0.2, -0.15) is 0 Å². The molecule has 0 fully saturated rings. The molecule has 2 aromatic carbocycles. The maximum absolute atomic E-state index is 5.68. The molecule has 0 aliphatic carbocycles. The van der Waals surface area contributed by atoms with E-state index in [4.69, 9.17) is 19.9 Å². The van der Waals surface area contributed by atoms with E-state index >= 15 is 0 Å². The van der Waals surface area contributed by atoms with E-state index in [2.05, 4.69) is 0 Å². The standard InChI is InChI=1S/C17H21NO3/c1-19-16-7-2-3-8-17(16)21-12-11-20-15-6-4-5-14(13-15)9-10-18/h2-8,13H,9-12,18H2,1H3. The molecule has 0 saturated carbocycles. The molecule has 0 spiro atoms. The van der Waals surface area contributed by atoms with Gasteiger partial charge < -0.3 is 19.9 Å². The van der Waals surface area contributed by atoms with Gasteiger partial charge in [0.15, 0.2) is 11.5 Å². The predicted octanol–water partition coefficient (Wildman–Crippen LogP) is 2.65. The van der Waals surface area contributed by atoms with E-state index in [1.54, 1.807) is 7.11 Å². The molecule has 0 amide bonds. The van der Waals surface area contributed by atoms with Crippen LogP contribution in [0.2, 0.25) is 0 Å². The summed E-state index contributed by atoms with van der Waals surface area (Å²) < 4.78 is 16.6. The number of nitrogens with two attached hydrogens (primary N) is 1. The van der Waals surface area contributed by atoms with Crippen LogP contribution in [-0.4, -0.2) is 26.9 Å².